The van der Waals surface area contributed by atoms with Crippen molar-refractivity contribution in [3.8, 4) is 5.75 Å². The molecule has 0 fully saturated rings. The van der Waals surface area contributed by atoms with Crippen LogP contribution in [0.1, 0.15) is 4.88 Å². The third-order valence-electron chi connectivity index (χ3n) is 1.78. The Morgan fingerprint density at radius 1 is 1.20 bits per heavy atom. The third-order valence-corrected chi connectivity index (χ3v) is 3.58. The van der Waals surface area contributed by atoms with E-state index >= 15 is 0 Å². The highest BCUT2D eigenvalue weighted by molar-refractivity contribution is 7.06. The van der Waals surface area contributed by atoms with Gasteiger partial charge in [0.1, 0.15) is 12.4 Å². The monoisotopic (exact) mass is 259 g/mol. The summed E-state index contributed by atoms with van der Waals surface area (Å²) in [7, 11) is 0. The summed E-state index contributed by atoms with van der Waals surface area (Å²) in [5, 5.41) is 0.825. The van der Waals surface area contributed by atoms with Gasteiger partial charge in [-0.1, -0.05) is 41.4 Å². The van der Waals surface area contributed by atoms with Crippen molar-refractivity contribution in [1.29, 1.82) is 0 Å². The van der Waals surface area contributed by atoms with E-state index in [1.165, 1.54) is 11.5 Å². The van der Waals surface area contributed by atoms with Crippen molar-refractivity contribution in [3.63, 3.8) is 0 Å². The van der Waals surface area contributed by atoms with Gasteiger partial charge >= 0.3 is 0 Å². The normalized spacial score (nSPS) is 10.3. The summed E-state index contributed by atoms with van der Waals surface area (Å²) < 4.78 is 9.44. The molecule has 0 aliphatic heterocycles. The molecule has 0 aliphatic rings. The Labute approximate surface area is 102 Å². The first-order chi connectivity index (χ1) is 7.27. The Balaban J connectivity index is 2.02. The molecule has 0 radical (unpaired) electrons. The molecule has 15 heavy (non-hydrogen) atoms. The molecule has 0 amide bonds. The van der Waals surface area contributed by atoms with E-state index in [0.29, 0.717) is 16.8 Å². The Kier molecular flexibility index (Phi) is 3.46. The molecule has 2 aromatic rings. The number of nitrogens with zero attached hydrogens (tertiary/aromatic N) is 1. The number of aromatic nitrogens is 1. The van der Waals surface area contributed by atoms with Crippen LogP contribution in [-0.2, 0) is 6.61 Å². The van der Waals surface area contributed by atoms with Crippen LogP contribution in [0.4, 0.5) is 0 Å². The molecule has 5 heteroatoms. The summed E-state index contributed by atoms with van der Waals surface area (Å²) in [4.78, 5) is 0.838. The average molecular weight is 260 g/mol. The van der Waals surface area contributed by atoms with Crippen LogP contribution < -0.4 is 4.74 Å². The standard InChI is InChI=1S/C10H7Cl2NOS/c11-9-8(15-13-10(9)12)6-14-7-4-2-1-3-5-7/h1-5H,6H2. The lowest BCUT2D eigenvalue weighted by Crippen LogP contribution is -1.92. The number of para-hydroxylation sites is 1. The van der Waals surface area contributed by atoms with Gasteiger partial charge in [0, 0.05) is 0 Å². The fourth-order valence-corrected chi connectivity index (χ4v) is 2.14. The second-order valence-electron chi connectivity index (χ2n) is 2.81. The van der Waals surface area contributed by atoms with E-state index < -0.39 is 0 Å². The molecular formula is C10H7Cl2NOS. The molecule has 78 valence electrons. The number of hydrogen-bond acceptors (Lipinski definition) is 3. The molecule has 2 rings (SSSR count). The zero-order chi connectivity index (χ0) is 10.7. The molecule has 0 atom stereocenters. The van der Waals surface area contributed by atoms with Gasteiger partial charge in [-0.3, -0.25) is 0 Å². The summed E-state index contributed by atoms with van der Waals surface area (Å²) in [6.45, 7) is 0.396. The smallest absolute Gasteiger partial charge is 0.161 e. The van der Waals surface area contributed by atoms with Gasteiger partial charge in [0.25, 0.3) is 0 Å². The molecule has 1 aromatic heterocycles. The SMILES string of the molecule is Clc1nsc(COc2ccccc2)c1Cl. The number of rotatable bonds is 3. The number of hydrogen-bond donors (Lipinski definition) is 0. The quantitative estimate of drug-likeness (QED) is 0.831. The van der Waals surface area contributed by atoms with Crippen LogP contribution in [-0.4, -0.2) is 4.37 Å². The molecule has 0 N–H and O–H groups in total. The van der Waals surface area contributed by atoms with Gasteiger partial charge in [-0.2, -0.15) is 4.37 Å². The minimum absolute atomic E-state index is 0.341. The predicted molar refractivity (Wildman–Crippen MR) is 62.9 cm³/mol. The molecule has 0 spiro atoms. The number of halogens is 2. The molecule has 0 saturated carbocycles. The Hall–Kier alpha value is -0.770. The van der Waals surface area contributed by atoms with Gasteiger partial charge in [-0.25, -0.2) is 0 Å². The number of ether oxygens (including phenoxy) is 1. The molecule has 0 aliphatic carbocycles. The summed E-state index contributed by atoms with van der Waals surface area (Å²) in [5.41, 5.74) is 0. The highest BCUT2D eigenvalue weighted by Crippen LogP contribution is 2.29. The van der Waals surface area contributed by atoms with Crippen LogP contribution in [0.3, 0.4) is 0 Å². The van der Waals surface area contributed by atoms with Crippen LogP contribution in [0.2, 0.25) is 10.2 Å². The van der Waals surface area contributed by atoms with Crippen molar-refractivity contribution in [1.82, 2.24) is 4.37 Å². The van der Waals surface area contributed by atoms with E-state index in [2.05, 4.69) is 4.37 Å². The summed E-state index contributed by atoms with van der Waals surface area (Å²) in [5.74, 6) is 0.804. The molecule has 0 unspecified atom stereocenters. The maximum absolute atomic E-state index is 5.91. The van der Waals surface area contributed by atoms with E-state index in [1.807, 2.05) is 30.3 Å². The summed E-state index contributed by atoms with van der Waals surface area (Å²) in [6.07, 6.45) is 0. The Morgan fingerprint density at radius 3 is 2.53 bits per heavy atom. The van der Waals surface area contributed by atoms with Crippen LogP contribution in [0, 0.1) is 0 Å². The molecule has 0 bridgehead atoms. The maximum Gasteiger partial charge on any atom is 0.161 e. The fourth-order valence-electron chi connectivity index (χ4n) is 1.05. The van der Waals surface area contributed by atoms with Gasteiger partial charge < -0.3 is 4.74 Å². The second-order valence-corrected chi connectivity index (χ2v) is 4.41. The highest BCUT2D eigenvalue weighted by Gasteiger charge is 2.09. The van der Waals surface area contributed by atoms with Gasteiger partial charge in [0.15, 0.2) is 5.15 Å². The molecule has 1 aromatic carbocycles. The minimum atomic E-state index is 0.341. The van der Waals surface area contributed by atoms with Crippen molar-refractivity contribution in [2.24, 2.45) is 0 Å². The first-order valence-corrected chi connectivity index (χ1v) is 5.77. The van der Waals surface area contributed by atoms with Crippen molar-refractivity contribution in [3.05, 3.63) is 45.4 Å². The van der Waals surface area contributed by atoms with Crippen molar-refractivity contribution in [2.45, 2.75) is 6.61 Å². The first kappa shape index (κ1) is 10.7. The average Bonchev–Trinajstić information content (AvgIpc) is 2.59. The van der Waals surface area contributed by atoms with Crippen molar-refractivity contribution < 1.29 is 4.74 Å². The van der Waals surface area contributed by atoms with Gasteiger partial charge in [-0.05, 0) is 23.7 Å². The molecule has 1 heterocycles. The van der Waals surface area contributed by atoms with Gasteiger partial charge in [0.2, 0.25) is 0 Å². The van der Waals surface area contributed by atoms with Crippen LogP contribution in [0.15, 0.2) is 30.3 Å². The Bertz CT molecular complexity index is 444. The zero-order valence-corrected chi connectivity index (χ0v) is 9.94. The Morgan fingerprint density at radius 2 is 1.93 bits per heavy atom. The van der Waals surface area contributed by atoms with Crippen molar-refractivity contribution >= 4 is 34.7 Å². The van der Waals surface area contributed by atoms with Crippen LogP contribution >= 0.6 is 34.7 Å². The fraction of sp³-hybridized carbons (Fsp3) is 0.100. The predicted octanol–water partition coefficient (Wildman–Crippen LogP) is 4.03. The summed E-state index contributed by atoms with van der Waals surface area (Å²) in [6, 6.07) is 9.53. The van der Waals surface area contributed by atoms with E-state index in [1.54, 1.807) is 0 Å². The van der Waals surface area contributed by atoms with E-state index in [9.17, 15) is 0 Å². The third kappa shape index (κ3) is 2.62. The molecule has 2 nitrogen and oxygen atoms in total. The zero-order valence-electron chi connectivity index (χ0n) is 7.61. The second kappa shape index (κ2) is 4.84. The van der Waals surface area contributed by atoms with Crippen molar-refractivity contribution in [2.75, 3.05) is 0 Å². The minimum Gasteiger partial charge on any atom is -0.488 e. The lowest BCUT2D eigenvalue weighted by molar-refractivity contribution is 0.310. The van der Waals surface area contributed by atoms with E-state index in [4.69, 9.17) is 27.9 Å². The largest absolute Gasteiger partial charge is 0.488 e. The summed E-state index contributed by atoms with van der Waals surface area (Å²) >= 11 is 12.9. The lowest BCUT2D eigenvalue weighted by atomic mass is 10.3. The highest BCUT2D eigenvalue weighted by atomic mass is 35.5. The lowest BCUT2D eigenvalue weighted by Gasteiger charge is -2.03. The number of benzene rings is 1. The molecular weight excluding hydrogens is 253 g/mol. The van der Waals surface area contributed by atoms with Gasteiger partial charge in [-0.15, -0.1) is 0 Å². The van der Waals surface area contributed by atoms with E-state index in [-0.39, 0.29) is 0 Å². The topological polar surface area (TPSA) is 22.1 Å². The van der Waals surface area contributed by atoms with Crippen LogP contribution in [0.25, 0.3) is 0 Å². The van der Waals surface area contributed by atoms with Crippen LogP contribution in [0.5, 0.6) is 5.75 Å². The van der Waals surface area contributed by atoms with Gasteiger partial charge in [0.05, 0.1) is 9.90 Å². The molecule has 0 saturated heterocycles. The first-order valence-electron chi connectivity index (χ1n) is 4.25. The van der Waals surface area contributed by atoms with E-state index in [0.717, 1.165) is 10.6 Å². The maximum atomic E-state index is 5.91.